The van der Waals surface area contributed by atoms with Crippen LogP contribution >= 0.6 is 0 Å². The van der Waals surface area contributed by atoms with Crippen LogP contribution in [0.25, 0.3) is 0 Å². The fourth-order valence-corrected chi connectivity index (χ4v) is 4.18. The number of hydrogen-bond donors (Lipinski definition) is 1. The molecule has 1 N–H and O–H groups in total. The lowest BCUT2D eigenvalue weighted by molar-refractivity contribution is -0.141. The van der Waals surface area contributed by atoms with E-state index >= 15 is 0 Å². The van der Waals surface area contributed by atoms with Crippen LogP contribution in [-0.2, 0) is 9.53 Å². The average Bonchev–Trinajstić information content (AvgIpc) is 2.62. The van der Waals surface area contributed by atoms with Crippen molar-refractivity contribution in [2.24, 2.45) is 0 Å². The molecule has 19 heavy (non-hydrogen) atoms. The van der Waals surface area contributed by atoms with Gasteiger partial charge in [-0.25, -0.2) is 0 Å². The predicted molar refractivity (Wildman–Crippen MR) is 71.2 cm³/mol. The Morgan fingerprint density at radius 3 is 2.58 bits per heavy atom. The van der Waals surface area contributed by atoms with Crippen molar-refractivity contribution in [3.05, 3.63) is 0 Å². The van der Waals surface area contributed by atoms with Crippen molar-refractivity contribution in [2.75, 3.05) is 26.8 Å². The second-order valence-electron chi connectivity index (χ2n) is 6.24. The SMILES string of the molecule is CN1C2CCC1CC(N1CCOCC1CC(=O)O)C2. The largest absolute Gasteiger partial charge is 0.481 e. The molecule has 3 heterocycles. The first-order valence-corrected chi connectivity index (χ1v) is 7.42. The van der Waals surface area contributed by atoms with Crippen LogP contribution in [0.15, 0.2) is 0 Å². The quantitative estimate of drug-likeness (QED) is 0.820. The zero-order valence-electron chi connectivity index (χ0n) is 11.6. The van der Waals surface area contributed by atoms with Crippen molar-refractivity contribution in [3.63, 3.8) is 0 Å². The number of fused-ring (bicyclic) bond motifs is 2. The molecule has 0 radical (unpaired) electrons. The van der Waals surface area contributed by atoms with Crippen molar-refractivity contribution < 1.29 is 14.6 Å². The summed E-state index contributed by atoms with van der Waals surface area (Å²) < 4.78 is 5.48. The molecule has 5 heteroatoms. The Labute approximate surface area is 114 Å². The molecule has 108 valence electrons. The fourth-order valence-electron chi connectivity index (χ4n) is 4.18. The highest BCUT2D eigenvalue weighted by Gasteiger charge is 2.42. The Balaban J connectivity index is 1.68. The molecule has 2 bridgehead atoms. The molecule has 3 fully saturated rings. The van der Waals surface area contributed by atoms with Gasteiger partial charge >= 0.3 is 5.97 Å². The van der Waals surface area contributed by atoms with E-state index in [0.717, 1.165) is 13.2 Å². The molecule has 3 aliphatic rings. The minimum atomic E-state index is -0.712. The molecule has 3 unspecified atom stereocenters. The van der Waals surface area contributed by atoms with Crippen molar-refractivity contribution in [1.29, 1.82) is 0 Å². The van der Waals surface area contributed by atoms with Crippen molar-refractivity contribution in [3.8, 4) is 0 Å². The Kier molecular flexibility index (Phi) is 3.78. The van der Waals surface area contributed by atoms with Gasteiger partial charge in [-0.2, -0.15) is 0 Å². The number of carboxylic acids is 1. The number of ether oxygens (including phenoxy) is 1. The van der Waals surface area contributed by atoms with Crippen LogP contribution in [0.4, 0.5) is 0 Å². The van der Waals surface area contributed by atoms with Gasteiger partial charge in [0, 0.05) is 30.7 Å². The molecule has 3 saturated heterocycles. The Bertz CT molecular complexity index is 336. The van der Waals surface area contributed by atoms with Gasteiger partial charge < -0.3 is 14.7 Å². The molecule has 0 amide bonds. The molecule has 0 aromatic heterocycles. The minimum Gasteiger partial charge on any atom is -0.481 e. The lowest BCUT2D eigenvalue weighted by atomic mass is 9.94. The van der Waals surface area contributed by atoms with E-state index < -0.39 is 5.97 Å². The maximum absolute atomic E-state index is 11.0. The average molecular weight is 268 g/mol. The van der Waals surface area contributed by atoms with Gasteiger partial charge in [-0.05, 0) is 32.7 Å². The molecule has 0 spiro atoms. The summed E-state index contributed by atoms with van der Waals surface area (Å²) in [4.78, 5) is 16.0. The highest BCUT2D eigenvalue weighted by Crippen LogP contribution is 2.37. The van der Waals surface area contributed by atoms with Gasteiger partial charge in [0.05, 0.1) is 19.6 Å². The number of nitrogens with zero attached hydrogens (tertiary/aromatic N) is 2. The van der Waals surface area contributed by atoms with Crippen LogP contribution in [0.2, 0.25) is 0 Å². The van der Waals surface area contributed by atoms with Gasteiger partial charge in [-0.15, -0.1) is 0 Å². The zero-order valence-corrected chi connectivity index (χ0v) is 11.6. The minimum absolute atomic E-state index is 0.0686. The first-order chi connectivity index (χ1) is 9.15. The number of morpholine rings is 1. The second-order valence-corrected chi connectivity index (χ2v) is 6.24. The topological polar surface area (TPSA) is 53.0 Å². The standard InChI is InChI=1S/C14H24N2O3/c1-15-10-2-3-11(15)7-12(6-10)16-4-5-19-9-13(16)8-14(17)18/h10-13H,2-9H2,1H3,(H,17,18). The lowest BCUT2D eigenvalue weighted by Gasteiger charge is -2.46. The van der Waals surface area contributed by atoms with Crippen LogP contribution < -0.4 is 0 Å². The van der Waals surface area contributed by atoms with Crippen LogP contribution in [-0.4, -0.2) is 71.8 Å². The maximum atomic E-state index is 11.0. The van der Waals surface area contributed by atoms with E-state index in [0.29, 0.717) is 24.7 Å². The van der Waals surface area contributed by atoms with Gasteiger partial charge in [-0.1, -0.05) is 0 Å². The smallest absolute Gasteiger partial charge is 0.305 e. The van der Waals surface area contributed by atoms with E-state index in [1.54, 1.807) is 0 Å². The number of rotatable bonds is 3. The Hall–Kier alpha value is -0.650. The number of carbonyl (C=O) groups is 1. The fraction of sp³-hybridized carbons (Fsp3) is 0.929. The number of aliphatic carboxylic acids is 1. The third-order valence-corrected chi connectivity index (χ3v) is 5.23. The maximum Gasteiger partial charge on any atom is 0.305 e. The first-order valence-electron chi connectivity index (χ1n) is 7.42. The second kappa shape index (κ2) is 5.38. The summed E-state index contributed by atoms with van der Waals surface area (Å²) in [7, 11) is 2.24. The van der Waals surface area contributed by atoms with Crippen molar-refractivity contribution in [1.82, 2.24) is 9.80 Å². The summed E-state index contributed by atoms with van der Waals surface area (Å²) in [6.45, 7) is 2.22. The van der Waals surface area contributed by atoms with Gasteiger partial charge in [0.2, 0.25) is 0 Å². The van der Waals surface area contributed by atoms with E-state index in [2.05, 4.69) is 16.8 Å². The van der Waals surface area contributed by atoms with E-state index in [-0.39, 0.29) is 12.5 Å². The summed E-state index contributed by atoms with van der Waals surface area (Å²) in [6.07, 6.45) is 5.23. The van der Waals surface area contributed by atoms with E-state index in [1.807, 2.05) is 0 Å². The van der Waals surface area contributed by atoms with Crippen LogP contribution in [0.5, 0.6) is 0 Å². The molecule has 3 atom stereocenters. The summed E-state index contributed by atoms with van der Waals surface area (Å²) in [6, 6.07) is 2.04. The number of piperidine rings is 1. The van der Waals surface area contributed by atoms with Gasteiger partial charge in [0.1, 0.15) is 0 Å². The molecule has 3 rings (SSSR count). The molecule has 3 aliphatic heterocycles. The highest BCUT2D eigenvalue weighted by molar-refractivity contribution is 5.67. The molecule has 0 aliphatic carbocycles. The van der Waals surface area contributed by atoms with Crippen LogP contribution in [0, 0.1) is 0 Å². The molecule has 0 saturated carbocycles. The molecule has 0 aromatic carbocycles. The van der Waals surface area contributed by atoms with Crippen molar-refractivity contribution in [2.45, 2.75) is 56.3 Å². The first kappa shape index (κ1) is 13.3. The third kappa shape index (κ3) is 2.64. The van der Waals surface area contributed by atoms with Gasteiger partial charge in [-0.3, -0.25) is 9.69 Å². The highest BCUT2D eigenvalue weighted by atomic mass is 16.5. The third-order valence-electron chi connectivity index (χ3n) is 5.23. The Morgan fingerprint density at radius 1 is 1.26 bits per heavy atom. The molecule has 5 nitrogen and oxygen atoms in total. The Morgan fingerprint density at radius 2 is 1.95 bits per heavy atom. The summed E-state index contributed by atoms with van der Waals surface area (Å²) in [5, 5.41) is 9.05. The zero-order chi connectivity index (χ0) is 13.4. The number of hydrogen-bond acceptors (Lipinski definition) is 4. The van der Waals surface area contributed by atoms with E-state index in [9.17, 15) is 4.79 Å². The summed E-state index contributed by atoms with van der Waals surface area (Å²) in [5.41, 5.74) is 0. The van der Waals surface area contributed by atoms with Crippen LogP contribution in [0.1, 0.15) is 32.1 Å². The van der Waals surface area contributed by atoms with Gasteiger partial charge in [0.15, 0.2) is 0 Å². The van der Waals surface area contributed by atoms with E-state index in [1.165, 1.54) is 25.7 Å². The number of carboxylic acid groups (broad SMARTS) is 1. The molecular weight excluding hydrogens is 244 g/mol. The predicted octanol–water partition coefficient (Wildman–Crippen LogP) is 0.787. The van der Waals surface area contributed by atoms with Crippen molar-refractivity contribution >= 4 is 5.97 Å². The summed E-state index contributed by atoms with van der Waals surface area (Å²) in [5.74, 6) is -0.712. The van der Waals surface area contributed by atoms with Crippen LogP contribution in [0.3, 0.4) is 0 Å². The monoisotopic (exact) mass is 268 g/mol. The van der Waals surface area contributed by atoms with Gasteiger partial charge in [0.25, 0.3) is 0 Å². The molecule has 0 aromatic rings. The van der Waals surface area contributed by atoms with E-state index in [4.69, 9.17) is 9.84 Å². The lowest BCUT2D eigenvalue weighted by Crippen LogP contribution is -2.56. The summed E-state index contributed by atoms with van der Waals surface area (Å²) >= 11 is 0. The normalized spacial score (nSPS) is 40.5. The molecular formula is C14H24N2O3.